The van der Waals surface area contributed by atoms with E-state index in [0.29, 0.717) is 13.0 Å². The van der Waals surface area contributed by atoms with Crippen molar-refractivity contribution in [3.8, 4) is 11.5 Å². The molecule has 0 aliphatic carbocycles. The minimum absolute atomic E-state index is 0.0654. The molecule has 0 saturated carbocycles. The van der Waals surface area contributed by atoms with E-state index in [9.17, 15) is 9.18 Å². The van der Waals surface area contributed by atoms with Crippen molar-refractivity contribution in [1.29, 1.82) is 0 Å². The lowest BCUT2D eigenvalue weighted by atomic mass is 9.90. The number of fused-ring (bicyclic) bond motifs is 1. The van der Waals surface area contributed by atoms with Crippen LogP contribution < -0.4 is 15.2 Å². The number of hydrogen-bond donors (Lipinski definition) is 1. The van der Waals surface area contributed by atoms with Crippen molar-refractivity contribution in [3.05, 3.63) is 58.9 Å². The highest BCUT2D eigenvalue weighted by atomic mass is 19.1. The zero-order valence-electron chi connectivity index (χ0n) is 12.8. The van der Waals surface area contributed by atoms with Crippen LogP contribution in [0.5, 0.6) is 11.5 Å². The molecule has 1 atom stereocenters. The predicted molar refractivity (Wildman–Crippen MR) is 84.3 cm³/mol. The van der Waals surface area contributed by atoms with Crippen LogP contribution in [-0.4, -0.2) is 19.6 Å². The highest BCUT2D eigenvalue weighted by Gasteiger charge is 2.21. The van der Waals surface area contributed by atoms with E-state index in [1.54, 1.807) is 13.2 Å². The van der Waals surface area contributed by atoms with E-state index in [4.69, 9.17) is 15.2 Å². The van der Waals surface area contributed by atoms with Crippen molar-refractivity contribution in [2.24, 2.45) is 11.7 Å². The Kier molecular flexibility index (Phi) is 4.19. The van der Waals surface area contributed by atoms with Crippen LogP contribution in [0.4, 0.5) is 4.39 Å². The van der Waals surface area contributed by atoms with Gasteiger partial charge >= 0.3 is 0 Å². The maximum atomic E-state index is 13.5. The van der Waals surface area contributed by atoms with Gasteiger partial charge in [-0.2, -0.15) is 0 Å². The van der Waals surface area contributed by atoms with Crippen LogP contribution in [0.15, 0.2) is 36.4 Å². The number of rotatable bonds is 4. The van der Waals surface area contributed by atoms with E-state index >= 15 is 0 Å². The van der Waals surface area contributed by atoms with Gasteiger partial charge in [-0.3, -0.25) is 4.79 Å². The Labute approximate surface area is 134 Å². The molecular formula is C18H18FNO3. The highest BCUT2D eigenvalue weighted by Crippen LogP contribution is 2.32. The van der Waals surface area contributed by atoms with Crippen LogP contribution in [0.25, 0.3) is 0 Å². The number of carbonyl (C=O) groups is 1. The average Bonchev–Trinajstić information content (AvgIpc) is 2.56. The van der Waals surface area contributed by atoms with Crippen molar-refractivity contribution in [2.45, 2.75) is 12.8 Å². The van der Waals surface area contributed by atoms with Crippen LogP contribution in [0, 0.1) is 11.7 Å². The van der Waals surface area contributed by atoms with Crippen LogP contribution >= 0.6 is 0 Å². The number of halogens is 1. The number of benzene rings is 2. The fraction of sp³-hybridized carbons (Fsp3) is 0.278. The molecule has 0 unspecified atom stereocenters. The van der Waals surface area contributed by atoms with E-state index in [2.05, 4.69) is 0 Å². The lowest BCUT2D eigenvalue weighted by Gasteiger charge is -2.25. The van der Waals surface area contributed by atoms with E-state index in [0.717, 1.165) is 29.0 Å². The summed E-state index contributed by atoms with van der Waals surface area (Å²) in [4.78, 5) is 11.2. The molecule has 4 nitrogen and oxygen atoms in total. The summed E-state index contributed by atoms with van der Waals surface area (Å²) >= 11 is 0. The third-order valence-corrected chi connectivity index (χ3v) is 4.08. The summed E-state index contributed by atoms with van der Waals surface area (Å²) in [5.41, 5.74) is 7.13. The molecule has 5 heteroatoms. The molecular weight excluding hydrogens is 297 g/mol. The molecule has 3 rings (SSSR count). The summed E-state index contributed by atoms with van der Waals surface area (Å²) in [5, 5.41) is 0. The largest absolute Gasteiger partial charge is 0.497 e. The molecule has 0 bridgehead atoms. The van der Waals surface area contributed by atoms with Gasteiger partial charge in [-0.1, -0.05) is 12.1 Å². The molecule has 1 heterocycles. The first-order valence-electron chi connectivity index (χ1n) is 7.44. The van der Waals surface area contributed by atoms with Crippen molar-refractivity contribution in [1.82, 2.24) is 0 Å². The number of carbonyl (C=O) groups excluding carboxylic acids is 1. The number of primary amides is 1. The fourth-order valence-corrected chi connectivity index (χ4v) is 2.90. The van der Waals surface area contributed by atoms with Crippen LogP contribution in [0.2, 0.25) is 0 Å². The molecule has 0 aromatic heterocycles. The van der Waals surface area contributed by atoms with Crippen LogP contribution in [-0.2, 0) is 12.8 Å². The molecule has 1 aliphatic heterocycles. The Morgan fingerprint density at radius 1 is 1.35 bits per heavy atom. The standard InChI is InChI=1S/C18H18FNO3/c1-22-14-4-3-13-7-12(10-23-17(13)9-14)6-11-2-5-16(19)15(8-11)18(20)21/h2-5,8-9,12H,6-7,10H2,1H3,(H2,20,21)/t12-/m1/s1. The second-order valence-corrected chi connectivity index (χ2v) is 5.74. The Morgan fingerprint density at radius 3 is 2.91 bits per heavy atom. The molecule has 0 fully saturated rings. The Morgan fingerprint density at radius 2 is 2.17 bits per heavy atom. The van der Waals surface area contributed by atoms with Gasteiger partial charge in [0.05, 0.1) is 19.3 Å². The molecule has 0 saturated heterocycles. The monoisotopic (exact) mass is 315 g/mol. The Bertz CT molecular complexity index is 745. The predicted octanol–water partition coefficient (Wildman–Crippen LogP) is 2.73. The van der Waals surface area contributed by atoms with E-state index in [-0.39, 0.29) is 11.5 Å². The zero-order chi connectivity index (χ0) is 16.4. The molecule has 0 radical (unpaired) electrons. The smallest absolute Gasteiger partial charge is 0.251 e. The first kappa shape index (κ1) is 15.3. The first-order chi connectivity index (χ1) is 11.1. The Hall–Kier alpha value is -2.56. The fourth-order valence-electron chi connectivity index (χ4n) is 2.90. The lowest BCUT2D eigenvalue weighted by molar-refractivity contribution is 0.0996. The number of amides is 1. The van der Waals surface area contributed by atoms with Crippen LogP contribution in [0.1, 0.15) is 21.5 Å². The second-order valence-electron chi connectivity index (χ2n) is 5.74. The van der Waals surface area contributed by atoms with Gasteiger partial charge in [0.1, 0.15) is 17.3 Å². The van der Waals surface area contributed by atoms with Gasteiger partial charge < -0.3 is 15.2 Å². The maximum absolute atomic E-state index is 13.5. The molecule has 2 N–H and O–H groups in total. The van der Waals surface area contributed by atoms with Gasteiger partial charge in [0.2, 0.25) is 0 Å². The SMILES string of the molecule is COc1ccc2c(c1)OC[C@H](Cc1ccc(F)c(C(N)=O)c1)C2. The molecule has 2 aromatic carbocycles. The van der Waals surface area contributed by atoms with Gasteiger partial charge in [-0.05, 0) is 42.2 Å². The highest BCUT2D eigenvalue weighted by molar-refractivity contribution is 5.93. The van der Waals surface area contributed by atoms with Gasteiger partial charge in [0, 0.05) is 12.0 Å². The number of hydrogen-bond acceptors (Lipinski definition) is 3. The van der Waals surface area contributed by atoms with Gasteiger partial charge in [-0.15, -0.1) is 0 Å². The van der Waals surface area contributed by atoms with E-state index in [1.807, 2.05) is 18.2 Å². The molecule has 120 valence electrons. The molecule has 23 heavy (non-hydrogen) atoms. The maximum Gasteiger partial charge on any atom is 0.251 e. The van der Waals surface area contributed by atoms with Gasteiger partial charge in [0.25, 0.3) is 5.91 Å². The van der Waals surface area contributed by atoms with E-state index < -0.39 is 11.7 Å². The normalized spacial score (nSPS) is 16.3. The van der Waals surface area contributed by atoms with Crippen molar-refractivity contribution in [2.75, 3.05) is 13.7 Å². The quantitative estimate of drug-likeness (QED) is 0.943. The minimum Gasteiger partial charge on any atom is -0.497 e. The third-order valence-electron chi connectivity index (χ3n) is 4.08. The number of nitrogens with two attached hydrogens (primary N) is 1. The van der Waals surface area contributed by atoms with Gasteiger partial charge in [-0.25, -0.2) is 4.39 Å². The summed E-state index contributed by atoms with van der Waals surface area (Å²) in [6.45, 7) is 0.573. The summed E-state index contributed by atoms with van der Waals surface area (Å²) < 4.78 is 24.5. The van der Waals surface area contributed by atoms with Gasteiger partial charge in [0.15, 0.2) is 0 Å². The topological polar surface area (TPSA) is 61.6 Å². The summed E-state index contributed by atoms with van der Waals surface area (Å²) in [6, 6.07) is 10.3. The third kappa shape index (κ3) is 3.28. The molecule has 2 aromatic rings. The average molecular weight is 315 g/mol. The first-order valence-corrected chi connectivity index (χ1v) is 7.44. The zero-order valence-corrected chi connectivity index (χ0v) is 12.8. The minimum atomic E-state index is -0.748. The van der Waals surface area contributed by atoms with Crippen molar-refractivity contribution >= 4 is 5.91 Å². The molecule has 1 amide bonds. The van der Waals surface area contributed by atoms with Crippen molar-refractivity contribution < 1.29 is 18.7 Å². The Balaban J connectivity index is 1.75. The lowest BCUT2D eigenvalue weighted by Crippen LogP contribution is -2.23. The second kappa shape index (κ2) is 6.28. The summed E-state index contributed by atoms with van der Waals surface area (Å²) in [6.07, 6.45) is 1.56. The van der Waals surface area contributed by atoms with E-state index in [1.165, 1.54) is 12.1 Å². The number of methoxy groups -OCH3 is 1. The molecule has 0 spiro atoms. The molecule has 1 aliphatic rings. The van der Waals surface area contributed by atoms with Crippen molar-refractivity contribution in [3.63, 3.8) is 0 Å². The summed E-state index contributed by atoms with van der Waals surface area (Å²) in [7, 11) is 1.62. The van der Waals surface area contributed by atoms with Crippen LogP contribution in [0.3, 0.4) is 0 Å². The number of ether oxygens (including phenoxy) is 2. The summed E-state index contributed by atoms with van der Waals surface area (Å²) in [5.74, 6) is 0.548.